The lowest BCUT2D eigenvalue weighted by molar-refractivity contribution is -0.130. The Balaban J connectivity index is 1.71. The van der Waals surface area contributed by atoms with E-state index in [4.69, 9.17) is 4.74 Å². The summed E-state index contributed by atoms with van der Waals surface area (Å²) in [6, 6.07) is 5.59. The van der Waals surface area contributed by atoms with Crippen LogP contribution in [0.25, 0.3) is 0 Å². The molecule has 4 nitrogen and oxygen atoms in total. The zero-order valence-electron chi connectivity index (χ0n) is 12.4. The fraction of sp³-hybridized carbons (Fsp3) is 0.529. The van der Waals surface area contributed by atoms with Crippen LogP contribution in [0.5, 0.6) is 5.75 Å². The number of methoxy groups -OCH3 is 1. The number of carbonyl (C=O) groups is 2. The molecule has 4 heteroatoms. The van der Waals surface area contributed by atoms with Gasteiger partial charge in [-0.15, -0.1) is 0 Å². The van der Waals surface area contributed by atoms with Gasteiger partial charge in [0, 0.05) is 31.0 Å². The van der Waals surface area contributed by atoms with Crippen LogP contribution in [-0.4, -0.2) is 36.8 Å². The summed E-state index contributed by atoms with van der Waals surface area (Å²) in [5.74, 6) is 0.890. The van der Waals surface area contributed by atoms with Crippen LogP contribution in [0.4, 0.5) is 0 Å². The van der Waals surface area contributed by atoms with Crippen molar-refractivity contribution in [2.24, 2.45) is 5.92 Å². The summed E-state index contributed by atoms with van der Waals surface area (Å²) < 4.78 is 5.20. The van der Waals surface area contributed by atoms with Gasteiger partial charge in [-0.3, -0.25) is 9.59 Å². The Morgan fingerprint density at radius 2 is 2.10 bits per heavy atom. The van der Waals surface area contributed by atoms with E-state index in [1.165, 1.54) is 0 Å². The molecular formula is C17H21NO3. The molecule has 1 amide bonds. The number of Topliss-reactive ketones (excluding diaryl/α,β-unsaturated/α-hetero) is 1. The van der Waals surface area contributed by atoms with E-state index in [9.17, 15) is 9.59 Å². The summed E-state index contributed by atoms with van der Waals surface area (Å²) >= 11 is 0. The molecule has 1 atom stereocenters. The molecule has 0 bridgehead atoms. The van der Waals surface area contributed by atoms with Gasteiger partial charge in [-0.2, -0.15) is 0 Å². The van der Waals surface area contributed by atoms with Crippen LogP contribution in [0, 0.1) is 5.92 Å². The predicted molar refractivity (Wildman–Crippen MR) is 79.6 cm³/mol. The Bertz CT molecular complexity index is 561. The Kier molecular flexibility index (Phi) is 3.95. The standard InChI is InChI=1S/C17H21NO3/c1-21-14-6-7-15-12(10-14)4-5-13(17(15)20)11-16(19)18-8-2-3-9-18/h6-7,10,13H,2-5,8-9,11H2,1H3. The minimum absolute atomic E-state index is 0.117. The molecule has 112 valence electrons. The van der Waals surface area contributed by atoms with Crippen molar-refractivity contribution in [2.75, 3.05) is 20.2 Å². The van der Waals surface area contributed by atoms with E-state index >= 15 is 0 Å². The van der Waals surface area contributed by atoms with Crippen molar-refractivity contribution in [3.63, 3.8) is 0 Å². The largest absolute Gasteiger partial charge is 0.497 e. The monoisotopic (exact) mass is 287 g/mol. The van der Waals surface area contributed by atoms with E-state index in [0.29, 0.717) is 6.42 Å². The number of nitrogens with zero attached hydrogens (tertiary/aromatic N) is 1. The number of hydrogen-bond donors (Lipinski definition) is 0. The number of ether oxygens (including phenoxy) is 1. The van der Waals surface area contributed by atoms with Crippen LogP contribution in [0.15, 0.2) is 18.2 Å². The first-order valence-electron chi connectivity index (χ1n) is 7.68. The molecule has 1 saturated heterocycles. The van der Waals surface area contributed by atoms with E-state index in [-0.39, 0.29) is 17.6 Å². The maximum atomic E-state index is 12.6. The van der Waals surface area contributed by atoms with Crippen molar-refractivity contribution in [3.8, 4) is 5.75 Å². The zero-order valence-corrected chi connectivity index (χ0v) is 12.4. The SMILES string of the molecule is COc1ccc2c(c1)CCC(CC(=O)N1CCCC1)C2=O. The van der Waals surface area contributed by atoms with Gasteiger partial charge in [-0.1, -0.05) is 0 Å². The minimum atomic E-state index is -0.154. The van der Waals surface area contributed by atoms with Crippen LogP contribution in [0.3, 0.4) is 0 Å². The van der Waals surface area contributed by atoms with E-state index in [2.05, 4.69) is 0 Å². The molecule has 2 aliphatic rings. The maximum Gasteiger partial charge on any atom is 0.223 e. The van der Waals surface area contributed by atoms with Crippen molar-refractivity contribution in [2.45, 2.75) is 32.1 Å². The molecule has 1 fully saturated rings. The predicted octanol–water partition coefficient (Wildman–Crippen LogP) is 2.45. The topological polar surface area (TPSA) is 46.6 Å². The second kappa shape index (κ2) is 5.88. The summed E-state index contributed by atoms with van der Waals surface area (Å²) in [5, 5.41) is 0. The average molecular weight is 287 g/mol. The number of fused-ring (bicyclic) bond motifs is 1. The fourth-order valence-electron chi connectivity index (χ4n) is 3.33. The van der Waals surface area contributed by atoms with Gasteiger partial charge in [0.1, 0.15) is 5.75 Å². The van der Waals surface area contributed by atoms with Crippen LogP contribution < -0.4 is 4.74 Å². The molecule has 3 rings (SSSR count). The van der Waals surface area contributed by atoms with Crippen molar-refractivity contribution in [1.82, 2.24) is 4.90 Å². The molecule has 1 aromatic rings. The van der Waals surface area contributed by atoms with Gasteiger partial charge in [0.05, 0.1) is 7.11 Å². The maximum absolute atomic E-state index is 12.6. The first-order valence-corrected chi connectivity index (χ1v) is 7.68. The van der Waals surface area contributed by atoms with Crippen molar-refractivity contribution >= 4 is 11.7 Å². The number of carbonyl (C=O) groups excluding carboxylic acids is 2. The molecule has 1 aliphatic heterocycles. The molecule has 1 aliphatic carbocycles. The third-order valence-corrected chi connectivity index (χ3v) is 4.59. The summed E-state index contributed by atoms with van der Waals surface area (Å²) in [7, 11) is 1.63. The van der Waals surface area contributed by atoms with Gasteiger partial charge in [-0.05, 0) is 49.4 Å². The number of hydrogen-bond acceptors (Lipinski definition) is 3. The summed E-state index contributed by atoms with van der Waals surface area (Å²) in [4.78, 5) is 26.7. The second-order valence-electron chi connectivity index (χ2n) is 5.91. The highest BCUT2D eigenvalue weighted by Crippen LogP contribution is 2.30. The normalized spacial score (nSPS) is 21.3. The Hall–Kier alpha value is -1.84. The van der Waals surface area contributed by atoms with Crippen LogP contribution in [0.2, 0.25) is 0 Å². The third-order valence-electron chi connectivity index (χ3n) is 4.59. The van der Waals surface area contributed by atoms with Gasteiger partial charge < -0.3 is 9.64 Å². The number of amides is 1. The van der Waals surface area contributed by atoms with E-state index in [1.54, 1.807) is 7.11 Å². The molecule has 21 heavy (non-hydrogen) atoms. The Morgan fingerprint density at radius 1 is 1.33 bits per heavy atom. The highest BCUT2D eigenvalue weighted by Gasteiger charge is 2.31. The van der Waals surface area contributed by atoms with Crippen LogP contribution in [-0.2, 0) is 11.2 Å². The molecule has 1 unspecified atom stereocenters. The van der Waals surface area contributed by atoms with Crippen molar-refractivity contribution in [3.05, 3.63) is 29.3 Å². The number of benzene rings is 1. The molecular weight excluding hydrogens is 266 g/mol. The highest BCUT2D eigenvalue weighted by molar-refractivity contribution is 6.02. The first-order chi connectivity index (χ1) is 10.2. The van der Waals surface area contributed by atoms with E-state index < -0.39 is 0 Å². The van der Waals surface area contributed by atoms with Crippen molar-refractivity contribution in [1.29, 1.82) is 0 Å². The molecule has 0 radical (unpaired) electrons. The van der Waals surface area contributed by atoms with Gasteiger partial charge >= 0.3 is 0 Å². The van der Waals surface area contributed by atoms with Crippen molar-refractivity contribution < 1.29 is 14.3 Å². The highest BCUT2D eigenvalue weighted by atomic mass is 16.5. The quantitative estimate of drug-likeness (QED) is 0.858. The van der Waals surface area contributed by atoms with Gasteiger partial charge in [0.25, 0.3) is 0 Å². The molecule has 1 aromatic carbocycles. The molecule has 0 N–H and O–H groups in total. The van der Waals surface area contributed by atoms with E-state index in [1.807, 2.05) is 23.1 Å². The van der Waals surface area contributed by atoms with Crippen LogP contribution in [0.1, 0.15) is 41.6 Å². The Morgan fingerprint density at radius 3 is 2.81 bits per heavy atom. The lowest BCUT2D eigenvalue weighted by Crippen LogP contribution is -2.33. The van der Waals surface area contributed by atoms with Gasteiger partial charge in [0.15, 0.2) is 5.78 Å². The third kappa shape index (κ3) is 2.80. The molecule has 0 saturated carbocycles. The zero-order chi connectivity index (χ0) is 14.8. The summed E-state index contributed by atoms with van der Waals surface area (Å²) in [5.41, 5.74) is 1.81. The van der Waals surface area contributed by atoms with Crippen LogP contribution >= 0.6 is 0 Å². The number of ketones is 1. The van der Waals surface area contributed by atoms with Gasteiger partial charge in [0.2, 0.25) is 5.91 Å². The lowest BCUT2D eigenvalue weighted by atomic mass is 9.81. The van der Waals surface area contributed by atoms with E-state index in [0.717, 1.165) is 55.6 Å². The Labute approximate surface area is 125 Å². The molecule has 0 aromatic heterocycles. The number of likely N-dealkylation sites (tertiary alicyclic amines) is 1. The lowest BCUT2D eigenvalue weighted by Gasteiger charge is -2.25. The fourth-order valence-corrected chi connectivity index (χ4v) is 3.33. The number of rotatable bonds is 3. The molecule has 0 spiro atoms. The van der Waals surface area contributed by atoms with Gasteiger partial charge in [-0.25, -0.2) is 0 Å². The minimum Gasteiger partial charge on any atom is -0.497 e. The summed E-state index contributed by atoms with van der Waals surface area (Å²) in [6.45, 7) is 1.71. The summed E-state index contributed by atoms with van der Waals surface area (Å²) in [6.07, 6.45) is 4.15. The molecule has 1 heterocycles. The number of aryl methyl sites for hydroxylation is 1. The smallest absolute Gasteiger partial charge is 0.223 e. The second-order valence-corrected chi connectivity index (χ2v) is 5.91. The average Bonchev–Trinajstić information content (AvgIpc) is 3.04. The first kappa shape index (κ1) is 14.1.